The number of rotatable bonds is 7. The molecule has 0 aliphatic rings. The Bertz CT molecular complexity index is 920. The standard InChI is InChI=1S/C21H21N3O3/c1-14-19(16-10-6-3-7-11-16)23-21(22-14)24-20(27)17(13-18(25)26)12-15-8-4-2-5-9-15/h2-11,17H,12-13H2,1H3,(H,25,26)(H2,22,23,24,27)/t17-/m1/s1. The van der Waals surface area contributed by atoms with Crippen molar-refractivity contribution in [3.05, 3.63) is 71.9 Å². The molecule has 6 nitrogen and oxygen atoms in total. The van der Waals surface area contributed by atoms with Gasteiger partial charge < -0.3 is 10.1 Å². The minimum Gasteiger partial charge on any atom is -0.481 e. The van der Waals surface area contributed by atoms with Gasteiger partial charge in [0.15, 0.2) is 0 Å². The highest BCUT2D eigenvalue weighted by Crippen LogP contribution is 2.23. The molecule has 0 fully saturated rings. The fraction of sp³-hybridized carbons (Fsp3) is 0.190. The molecule has 0 saturated heterocycles. The van der Waals surface area contributed by atoms with E-state index in [2.05, 4.69) is 15.3 Å². The van der Waals surface area contributed by atoms with E-state index in [9.17, 15) is 14.7 Å². The van der Waals surface area contributed by atoms with E-state index in [1.807, 2.05) is 67.6 Å². The number of carboxylic acids is 1. The molecule has 0 aliphatic carbocycles. The molecule has 0 radical (unpaired) electrons. The number of hydrogen-bond acceptors (Lipinski definition) is 3. The lowest BCUT2D eigenvalue weighted by molar-refractivity contribution is -0.140. The molecule has 3 aromatic rings. The molecule has 6 heteroatoms. The van der Waals surface area contributed by atoms with Crippen molar-refractivity contribution in [2.24, 2.45) is 5.92 Å². The van der Waals surface area contributed by atoms with Crippen molar-refractivity contribution in [1.29, 1.82) is 0 Å². The summed E-state index contributed by atoms with van der Waals surface area (Å²) < 4.78 is 0. The van der Waals surface area contributed by atoms with E-state index in [4.69, 9.17) is 0 Å². The second-order valence-corrected chi connectivity index (χ2v) is 6.40. The molecular weight excluding hydrogens is 342 g/mol. The molecule has 3 N–H and O–H groups in total. The van der Waals surface area contributed by atoms with E-state index in [0.717, 1.165) is 22.5 Å². The van der Waals surface area contributed by atoms with Crippen molar-refractivity contribution in [3.8, 4) is 11.3 Å². The number of aromatic amines is 1. The van der Waals surface area contributed by atoms with Crippen LogP contribution >= 0.6 is 0 Å². The number of imidazole rings is 1. The van der Waals surface area contributed by atoms with Gasteiger partial charge in [0.1, 0.15) is 0 Å². The van der Waals surface area contributed by atoms with Gasteiger partial charge in [-0.2, -0.15) is 0 Å². The summed E-state index contributed by atoms with van der Waals surface area (Å²) >= 11 is 0. The van der Waals surface area contributed by atoms with Crippen LogP contribution in [0, 0.1) is 12.8 Å². The monoisotopic (exact) mass is 363 g/mol. The Morgan fingerprint density at radius 2 is 1.70 bits per heavy atom. The smallest absolute Gasteiger partial charge is 0.304 e. The molecule has 3 rings (SSSR count). The number of hydrogen-bond donors (Lipinski definition) is 3. The molecule has 0 aliphatic heterocycles. The van der Waals surface area contributed by atoms with Crippen LogP contribution in [0.4, 0.5) is 5.95 Å². The topological polar surface area (TPSA) is 95.1 Å². The van der Waals surface area contributed by atoms with Gasteiger partial charge in [0, 0.05) is 11.3 Å². The molecule has 1 heterocycles. The van der Waals surface area contributed by atoms with Crippen LogP contribution in [0.15, 0.2) is 60.7 Å². The summed E-state index contributed by atoms with van der Waals surface area (Å²) in [7, 11) is 0. The highest BCUT2D eigenvalue weighted by molar-refractivity contribution is 5.93. The largest absolute Gasteiger partial charge is 0.481 e. The second-order valence-electron chi connectivity index (χ2n) is 6.40. The molecule has 27 heavy (non-hydrogen) atoms. The van der Waals surface area contributed by atoms with Crippen LogP contribution in [0.5, 0.6) is 0 Å². The lowest BCUT2D eigenvalue weighted by atomic mass is 9.95. The molecular formula is C21H21N3O3. The number of amides is 1. The number of aliphatic carboxylic acids is 1. The van der Waals surface area contributed by atoms with Crippen LogP contribution in [0.2, 0.25) is 0 Å². The molecule has 2 aromatic carbocycles. The first kappa shape index (κ1) is 18.4. The van der Waals surface area contributed by atoms with Crippen LogP contribution in [0.25, 0.3) is 11.3 Å². The van der Waals surface area contributed by atoms with Crippen molar-refractivity contribution in [2.45, 2.75) is 19.8 Å². The van der Waals surface area contributed by atoms with Crippen LogP contribution in [0.1, 0.15) is 17.7 Å². The highest BCUT2D eigenvalue weighted by atomic mass is 16.4. The van der Waals surface area contributed by atoms with Gasteiger partial charge in [-0.3, -0.25) is 14.9 Å². The molecule has 0 unspecified atom stereocenters. The zero-order chi connectivity index (χ0) is 19.2. The number of anilines is 1. The number of aromatic nitrogens is 2. The van der Waals surface area contributed by atoms with Crippen LogP contribution < -0.4 is 5.32 Å². The van der Waals surface area contributed by atoms with Gasteiger partial charge in [0.2, 0.25) is 11.9 Å². The number of carbonyl (C=O) groups excluding carboxylic acids is 1. The van der Waals surface area contributed by atoms with Crippen molar-refractivity contribution in [2.75, 3.05) is 5.32 Å². The molecule has 1 atom stereocenters. The third-order valence-electron chi connectivity index (χ3n) is 4.29. The lowest BCUT2D eigenvalue weighted by Crippen LogP contribution is -2.27. The van der Waals surface area contributed by atoms with Gasteiger partial charge >= 0.3 is 5.97 Å². The van der Waals surface area contributed by atoms with Crippen molar-refractivity contribution < 1.29 is 14.7 Å². The summed E-state index contributed by atoms with van der Waals surface area (Å²) in [5.41, 5.74) is 3.44. The van der Waals surface area contributed by atoms with E-state index in [0.29, 0.717) is 12.4 Å². The summed E-state index contributed by atoms with van der Waals surface area (Å²) in [6.45, 7) is 1.88. The van der Waals surface area contributed by atoms with Crippen molar-refractivity contribution in [3.63, 3.8) is 0 Å². The first-order valence-corrected chi connectivity index (χ1v) is 8.71. The number of carboxylic acid groups (broad SMARTS) is 1. The number of H-pyrrole nitrogens is 1. The van der Waals surface area contributed by atoms with E-state index < -0.39 is 11.9 Å². The van der Waals surface area contributed by atoms with Gasteiger partial charge in [-0.15, -0.1) is 0 Å². The summed E-state index contributed by atoms with van der Waals surface area (Å²) in [5, 5.41) is 11.9. The van der Waals surface area contributed by atoms with Gasteiger partial charge in [-0.25, -0.2) is 4.98 Å². The summed E-state index contributed by atoms with van der Waals surface area (Å²) in [6.07, 6.45) is 0.107. The number of nitrogens with zero attached hydrogens (tertiary/aromatic N) is 1. The number of benzene rings is 2. The van der Waals surface area contributed by atoms with Crippen LogP contribution in [-0.2, 0) is 16.0 Å². The van der Waals surface area contributed by atoms with E-state index in [1.165, 1.54) is 0 Å². The Morgan fingerprint density at radius 3 is 2.33 bits per heavy atom. The Labute approximate surface area is 157 Å². The maximum absolute atomic E-state index is 12.7. The first-order chi connectivity index (χ1) is 13.0. The normalized spacial score (nSPS) is 11.7. The maximum atomic E-state index is 12.7. The third kappa shape index (κ3) is 4.82. The zero-order valence-electron chi connectivity index (χ0n) is 15.0. The van der Waals surface area contributed by atoms with E-state index in [-0.39, 0.29) is 12.3 Å². The van der Waals surface area contributed by atoms with Gasteiger partial charge in [0.25, 0.3) is 0 Å². The fourth-order valence-electron chi connectivity index (χ4n) is 2.98. The predicted octanol–water partition coefficient (Wildman–Crippen LogP) is 3.66. The van der Waals surface area contributed by atoms with Crippen molar-refractivity contribution in [1.82, 2.24) is 9.97 Å². The third-order valence-corrected chi connectivity index (χ3v) is 4.29. The quantitative estimate of drug-likeness (QED) is 0.597. The number of carbonyl (C=O) groups is 2. The Balaban J connectivity index is 1.76. The Hall–Kier alpha value is -3.41. The molecule has 0 spiro atoms. The average Bonchev–Trinajstić information content (AvgIpc) is 3.02. The number of aryl methyl sites for hydroxylation is 1. The highest BCUT2D eigenvalue weighted by Gasteiger charge is 2.23. The van der Waals surface area contributed by atoms with Gasteiger partial charge in [0.05, 0.1) is 18.0 Å². The van der Waals surface area contributed by atoms with Crippen molar-refractivity contribution >= 4 is 17.8 Å². The van der Waals surface area contributed by atoms with Gasteiger partial charge in [-0.05, 0) is 18.9 Å². The molecule has 0 bridgehead atoms. The second kappa shape index (κ2) is 8.31. The molecule has 1 aromatic heterocycles. The number of nitrogens with one attached hydrogen (secondary N) is 2. The molecule has 0 saturated carbocycles. The fourth-order valence-corrected chi connectivity index (χ4v) is 2.98. The Morgan fingerprint density at radius 1 is 1.07 bits per heavy atom. The zero-order valence-corrected chi connectivity index (χ0v) is 15.0. The predicted molar refractivity (Wildman–Crippen MR) is 103 cm³/mol. The summed E-state index contributed by atoms with van der Waals surface area (Å²) in [4.78, 5) is 31.4. The summed E-state index contributed by atoms with van der Waals surface area (Å²) in [6, 6.07) is 19.0. The van der Waals surface area contributed by atoms with Crippen LogP contribution in [-0.4, -0.2) is 27.0 Å². The minimum atomic E-state index is -1.01. The Kier molecular flexibility index (Phi) is 5.66. The van der Waals surface area contributed by atoms with Gasteiger partial charge in [-0.1, -0.05) is 60.7 Å². The molecule has 1 amide bonds. The molecule has 138 valence electrons. The minimum absolute atomic E-state index is 0.244. The van der Waals surface area contributed by atoms with E-state index in [1.54, 1.807) is 0 Å². The lowest BCUT2D eigenvalue weighted by Gasteiger charge is -2.14. The van der Waals surface area contributed by atoms with Crippen LogP contribution in [0.3, 0.4) is 0 Å². The SMILES string of the molecule is Cc1[nH]c(NC(=O)[C@@H](CC(=O)O)Cc2ccccc2)nc1-c1ccccc1. The van der Waals surface area contributed by atoms with E-state index >= 15 is 0 Å². The first-order valence-electron chi connectivity index (χ1n) is 8.71. The summed E-state index contributed by atoms with van der Waals surface area (Å²) in [5.74, 6) is -1.74. The average molecular weight is 363 g/mol. The maximum Gasteiger partial charge on any atom is 0.304 e.